The van der Waals surface area contributed by atoms with Gasteiger partial charge in [-0.15, -0.1) is 20.4 Å². The fourth-order valence-electron chi connectivity index (χ4n) is 7.47. The van der Waals surface area contributed by atoms with Crippen LogP contribution in [0.25, 0.3) is 33.4 Å². The van der Waals surface area contributed by atoms with Gasteiger partial charge in [0.25, 0.3) is 11.1 Å². The summed E-state index contributed by atoms with van der Waals surface area (Å²) in [6.45, 7) is 4.26. The molecule has 14 heteroatoms. The van der Waals surface area contributed by atoms with E-state index in [4.69, 9.17) is 23.2 Å². The second kappa shape index (κ2) is 14.6. The Kier molecular flexibility index (Phi) is 9.59. The number of aromatic nitrogens is 8. The van der Waals surface area contributed by atoms with E-state index in [-0.39, 0.29) is 11.1 Å². The van der Waals surface area contributed by atoms with Crippen molar-refractivity contribution in [2.75, 3.05) is 36.0 Å². The fourth-order valence-corrected chi connectivity index (χ4v) is 7.80. The molecule has 2 aliphatic heterocycles. The van der Waals surface area contributed by atoms with Crippen molar-refractivity contribution in [3.05, 3.63) is 103 Å². The molecule has 0 bridgehead atoms. The summed E-state index contributed by atoms with van der Waals surface area (Å²) >= 11 is 12.5. The Morgan fingerprint density at radius 1 is 0.577 bits per heavy atom. The number of fused-ring (bicyclic) bond motifs is 6. The average molecular weight is 740 g/mol. The molecule has 2 aliphatic rings. The predicted molar refractivity (Wildman–Crippen MR) is 207 cm³/mol. The molecule has 9 rings (SSSR count). The molecular weight excluding hydrogens is 699 g/mol. The highest BCUT2D eigenvalue weighted by Crippen LogP contribution is 2.26. The topological polar surface area (TPSA) is 111 Å². The molecule has 6 heterocycles. The Balaban J connectivity index is 0.000000153. The van der Waals surface area contributed by atoms with Crippen molar-refractivity contribution in [1.29, 1.82) is 0 Å². The number of rotatable bonds is 4. The molecule has 7 aromatic rings. The monoisotopic (exact) mass is 738 g/mol. The summed E-state index contributed by atoms with van der Waals surface area (Å²) in [5, 5.41) is 20.0. The molecule has 0 radical (unpaired) electrons. The Labute approximate surface area is 309 Å². The van der Waals surface area contributed by atoms with E-state index in [1.54, 1.807) is 40.4 Å². The van der Waals surface area contributed by atoms with Crippen molar-refractivity contribution < 1.29 is 0 Å². The van der Waals surface area contributed by atoms with Crippen molar-refractivity contribution in [2.45, 2.75) is 57.9 Å². The second-order valence-electron chi connectivity index (χ2n) is 13.6. The number of nitrogens with zero attached hydrogens (tertiary/aromatic N) is 10. The summed E-state index contributed by atoms with van der Waals surface area (Å²) in [6.07, 6.45) is 9.54. The van der Waals surface area contributed by atoms with E-state index in [1.165, 1.54) is 25.7 Å². The molecule has 0 amide bonds. The van der Waals surface area contributed by atoms with Crippen molar-refractivity contribution in [2.24, 2.45) is 7.05 Å². The normalized spacial score (nSPS) is 15.6. The van der Waals surface area contributed by atoms with E-state index >= 15 is 0 Å². The van der Waals surface area contributed by atoms with Gasteiger partial charge in [0.2, 0.25) is 23.5 Å². The first kappa shape index (κ1) is 34.2. The zero-order valence-electron chi connectivity index (χ0n) is 29.1. The van der Waals surface area contributed by atoms with E-state index < -0.39 is 0 Å². The molecule has 0 unspecified atom stereocenters. The number of hydrogen-bond acceptors (Lipinski definition) is 8. The van der Waals surface area contributed by atoms with Crippen LogP contribution in [0.4, 0.5) is 11.9 Å². The van der Waals surface area contributed by atoms with E-state index in [0.29, 0.717) is 38.9 Å². The maximum atomic E-state index is 13.3. The van der Waals surface area contributed by atoms with Crippen LogP contribution in [-0.2, 0) is 13.6 Å². The highest BCUT2D eigenvalue weighted by molar-refractivity contribution is 6.31. The number of benzene rings is 3. The van der Waals surface area contributed by atoms with Crippen LogP contribution < -0.4 is 20.9 Å². The maximum Gasteiger partial charge on any atom is 0.263 e. The summed E-state index contributed by atoms with van der Waals surface area (Å²) in [5.41, 5.74) is 2.40. The molecule has 0 saturated carbocycles. The van der Waals surface area contributed by atoms with Gasteiger partial charge in [-0.05, 0) is 67.6 Å². The Morgan fingerprint density at radius 3 is 1.60 bits per heavy atom. The molecular formula is C38H40Cl2N10O2. The maximum absolute atomic E-state index is 13.3. The lowest BCUT2D eigenvalue weighted by molar-refractivity contribution is 0.726. The Morgan fingerprint density at radius 2 is 1.06 bits per heavy atom. The molecule has 268 valence electrons. The summed E-state index contributed by atoms with van der Waals surface area (Å²) in [6, 6.07) is 20.7. The first-order chi connectivity index (χ1) is 25.4. The highest BCUT2D eigenvalue weighted by atomic mass is 35.5. The van der Waals surface area contributed by atoms with E-state index in [0.717, 1.165) is 80.4 Å². The van der Waals surface area contributed by atoms with Crippen LogP contribution in [0.3, 0.4) is 0 Å². The van der Waals surface area contributed by atoms with Crippen molar-refractivity contribution in [1.82, 2.24) is 38.3 Å². The summed E-state index contributed by atoms with van der Waals surface area (Å²) in [5.74, 6) is 2.68. The number of aryl methyl sites for hydroxylation is 1. The van der Waals surface area contributed by atoms with Crippen LogP contribution in [0.1, 0.15) is 56.9 Å². The van der Waals surface area contributed by atoms with E-state index in [2.05, 4.69) is 30.2 Å². The molecule has 2 saturated heterocycles. The van der Waals surface area contributed by atoms with Gasteiger partial charge in [0, 0.05) is 43.3 Å². The lowest BCUT2D eigenvalue weighted by atomic mass is 10.2. The number of halogens is 2. The molecule has 4 aromatic heterocycles. The van der Waals surface area contributed by atoms with Gasteiger partial charge < -0.3 is 9.80 Å². The summed E-state index contributed by atoms with van der Waals surface area (Å²) < 4.78 is 7.20. The van der Waals surface area contributed by atoms with Gasteiger partial charge >= 0.3 is 0 Å². The quantitative estimate of drug-likeness (QED) is 0.195. The largest absolute Gasteiger partial charge is 0.341 e. The molecule has 0 spiro atoms. The molecule has 0 atom stereocenters. The predicted octanol–water partition coefficient (Wildman–Crippen LogP) is 6.74. The average Bonchev–Trinajstić information content (AvgIpc) is 3.57. The molecule has 12 nitrogen and oxygen atoms in total. The van der Waals surface area contributed by atoms with Gasteiger partial charge in [-0.2, -0.15) is 0 Å². The van der Waals surface area contributed by atoms with Gasteiger partial charge in [0.1, 0.15) is 0 Å². The van der Waals surface area contributed by atoms with Crippen LogP contribution in [0, 0.1) is 0 Å². The molecule has 3 aromatic carbocycles. The Bertz CT molecular complexity index is 2510. The highest BCUT2D eigenvalue weighted by Gasteiger charge is 2.23. The SMILES string of the molecule is Cn1c(=O)c2ccc(Cl)cc2n2c(N3CCCCCC3)nnc12.O=c1c2ccc(Cl)cc2n2c(N3CCCCCC3)nnc2n1Cc1ccccc1. The first-order valence-corrected chi connectivity index (χ1v) is 18.8. The molecule has 0 N–H and O–H groups in total. The number of hydrogen-bond donors (Lipinski definition) is 0. The summed E-state index contributed by atoms with van der Waals surface area (Å²) in [7, 11) is 1.73. The smallest absolute Gasteiger partial charge is 0.263 e. The van der Waals surface area contributed by atoms with Gasteiger partial charge in [0.15, 0.2) is 0 Å². The number of anilines is 2. The van der Waals surface area contributed by atoms with Gasteiger partial charge in [-0.25, -0.2) is 8.80 Å². The Hall–Kier alpha value is -4.94. The van der Waals surface area contributed by atoms with Gasteiger partial charge in [0.05, 0.1) is 28.4 Å². The van der Waals surface area contributed by atoms with Crippen molar-refractivity contribution in [3.8, 4) is 0 Å². The van der Waals surface area contributed by atoms with Crippen LogP contribution >= 0.6 is 23.2 Å². The molecule has 0 aliphatic carbocycles. The van der Waals surface area contributed by atoms with E-state index in [9.17, 15) is 9.59 Å². The third-order valence-electron chi connectivity index (χ3n) is 10.2. The molecule has 52 heavy (non-hydrogen) atoms. The lowest BCUT2D eigenvalue weighted by Crippen LogP contribution is -2.28. The standard InChI is InChI=1S/C22H22ClN5O.C16H18ClN5O/c23-17-10-11-18-19(14-17)28-21(26-12-6-1-2-7-13-26)24-25-22(28)27(20(18)29)15-16-8-4-3-5-9-16;1-20-14(23)12-7-6-11(17)10-13(12)22-15(20)18-19-16(22)21-8-4-2-3-5-9-21/h3-5,8-11,14H,1-2,6-7,12-13,15H2;6-7,10H,2-5,8-9H2,1H3. The van der Waals surface area contributed by atoms with Gasteiger partial charge in [-0.1, -0.05) is 79.2 Å². The molecule has 2 fully saturated rings. The second-order valence-corrected chi connectivity index (χ2v) is 14.5. The zero-order chi connectivity index (χ0) is 35.8. The minimum atomic E-state index is -0.0843. The van der Waals surface area contributed by atoms with Crippen LogP contribution in [0.5, 0.6) is 0 Å². The lowest BCUT2D eigenvalue weighted by Gasteiger charge is -2.21. The van der Waals surface area contributed by atoms with E-state index in [1.807, 2.05) is 51.3 Å². The third kappa shape index (κ3) is 6.38. The van der Waals surface area contributed by atoms with Crippen molar-refractivity contribution >= 4 is 68.5 Å². The van der Waals surface area contributed by atoms with Crippen LogP contribution in [0.2, 0.25) is 10.0 Å². The third-order valence-corrected chi connectivity index (χ3v) is 10.6. The van der Waals surface area contributed by atoms with Gasteiger partial charge in [-0.3, -0.25) is 18.7 Å². The van der Waals surface area contributed by atoms with Crippen LogP contribution in [0.15, 0.2) is 76.3 Å². The zero-order valence-corrected chi connectivity index (χ0v) is 30.6. The van der Waals surface area contributed by atoms with Crippen molar-refractivity contribution in [3.63, 3.8) is 0 Å². The first-order valence-electron chi connectivity index (χ1n) is 18.0. The summed E-state index contributed by atoms with van der Waals surface area (Å²) in [4.78, 5) is 30.4. The van der Waals surface area contributed by atoms with Crippen LogP contribution in [-0.4, -0.2) is 64.5 Å². The minimum absolute atomic E-state index is 0.0807. The fraction of sp³-hybridized carbons (Fsp3) is 0.368. The minimum Gasteiger partial charge on any atom is -0.341 e.